The first-order valence-corrected chi connectivity index (χ1v) is 5.73. The molecule has 0 fully saturated rings. The summed E-state index contributed by atoms with van der Waals surface area (Å²) in [7, 11) is 1.65. The molecule has 0 radical (unpaired) electrons. The second-order valence-electron chi connectivity index (χ2n) is 4.04. The average Bonchev–Trinajstić information content (AvgIpc) is 2.41. The monoisotopic (exact) mass is 254 g/mol. The van der Waals surface area contributed by atoms with Gasteiger partial charge in [0.2, 0.25) is 0 Å². The minimum Gasteiger partial charge on any atom is -0.397 e. The molecule has 0 saturated carbocycles. The fraction of sp³-hybridized carbons (Fsp3) is 0.143. The summed E-state index contributed by atoms with van der Waals surface area (Å²) in [5.74, 6) is 0.492. The summed E-state index contributed by atoms with van der Waals surface area (Å²) in [6.07, 6.45) is 1.52. The molecular weight excluding hydrogens is 240 g/mol. The van der Waals surface area contributed by atoms with E-state index in [1.54, 1.807) is 13.2 Å². The van der Waals surface area contributed by atoms with Crippen molar-refractivity contribution in [1.82, 2.24) is 4.98 Å². The first-order chi connectivity index (χ1) is 9.22. The summed E-state index contributed by atoms with van der Waals surface area (Å²) in [6, 6.07) is 11.4. The predicted molar refractivity (Wildman–Crippen MR) is 73.8 cm³/mol. The molecule has 5 heteroatoms. The lowest BCUT2D eigenvalue weighted by Gasteiger charge is -2.09. The third kappa shape index (κ3) is 3.21. The van der Waals surface area contributed by atoms with Gasteiger partial charge in [0, 0.05) is 12.8 Å². The van der Waals surface area contributed by atoms with Gasteiger partial charge in [-0.1, -0.05) is 12.1 Å². The highest BCUT2D eigenvalue weighted by Gasteiger charge is 2.05. The van der Waals surface area contributed by atoms with Crippen molar-refractivity contribution in [3.8, 4) is 6.07 Å². The number of aromatic nitrogens is 1. The van der Waals surface area contributed by atoms with E-state index in [1.807, 2.05) is 24.3 Å². The van der Waals surface area contributed by atoms with Gasteiger partial charge in [0.25, 0.3) is 0 Å². The maximum atomic E-state index is 9.05. The van der Waals surface area contributed by atoms with E-state index in [2.05, 4.69) is 16.4 Å². The van der Waals surface area contributed by atoms with E-state index >= 15 is 0 Å². The van der Waals surface area contributed by atoms with Gasteiger partial charge in [-0.05, 0) is 23.8 Å². The number of nitrogens with zero attached hydrogens (tertiary/aromatic N) is 2. The van der Waals surface area contributed by atoms with Crippen LogP contribution in [0.4, 0.5) is 17.2 Å². The van der Waals surface area contributed by atoms with Crippen molar-refractivity contribution >= 4 is 17.2 Å². The largest absolute Gasteiger partial charge is 0.397 e. The Bertz CT molecular complexity index is 619. The number of hydrogen-bond acceptors (Lipinski definition) is 5. The highest BCUT2D eigenvalue weighted by atomic mass is 16.5. The molecule has 0 unspecified atom stereocenters. The Morgan fingerprint density at radius 1 is 1.42 bits per heavy atom. The van der Waals surface area contributed by atoms with E-state index in [9.17, 15) is 0 Å². The first kappa shape index (κ1) is 12.9. The van der Waals surface area contributed by atoms with Gasteiger partial charge in [-0.15, -0.1) is 0 Å². The quantitative estimate of drug-likeness (QED) is 0.875. The van der Waals surface area contributed by atoms with Crippen LogP contribution < -0.4 is 11.1 Å². The number of hydrogen-bond donors (Lipinski definition) is 2. The molecule has 0 aliphatic carbocycles. The second-order valence-corrected chi connectivity index (χ2v) is 4.04. The van der Waals surface area contributed by atoms with Gasteiger partial charge in [-0.2, -0.15) is 5.26 Å². The number of benzene rings is 1. The molecule has 96 valence electrons. The zero-order valence-electron chi connectivity index (χ0n) is 10.6. The van der Waals surface area contributed by atoms with E-state index in [-0.39, 0.29) is 0 Å². The van der Waals surface area contributed by atoms with Gasteiger partial charge >= 0.3 is 0 Å². The van der Waals surface area contributed by atoms with Crippen LogP contribution in [0.5, 0.6) is 0 Å². The number of nitrogens with two attached hydrogens (primary N) is 1. The van der Waals surface area contributed by atoms with Crippen LogP contribution in [0.1, 0.15) is 11.1 Å². The molecule has 1 heterocycles. The lowest BCUT2D eigenvalue weighted by molar-refractivity contribution is 0.185. The number of anilines is 3. The van der Waals surface area contributed by atoms with Gasteiger partial charge in [0.15, 0.2) is 0 Å². The third-order valence-corrected chi connectivity index (χ3v) is 2.53. The minimum absolute atomic E-state index is 0.414. The van der Waals surface area contributed by atoms with E-state index < -0.39 is 0 Å². The van der Waals surface area contributed by atoms with Crippen LogP contribution in [-0.4, -0.2) is 12.1 Å². The fourth-order valence-electron chi connectivity index (χ4n) is 1.71. The summed E-state index contributed by atoms with van der Waals surface area (Å²) in [5.41, 5.74) is 8.38. The standard InChI is InChI=1S/C14H14N4O/c1-19-9-10-3-2-4-13(5-10)18-14-11(7-15)6-12(16)8-17-14/h2-6,8H,9,16H2,1H3,(H,17,18). The Hall–Kier alpha value is -2.58. The Morgan fingerprint density at radius 3 is 3.00 bits per heavy atom. The molecule has 0 saturated heterocycles. The van der Waals surface area contributed by atoms with Gasteiger partial charge in [-0.3, -0.25) is 0 Å². The van der Waals surface area contributed by atoms with Crippen LogP contribution >= 0.6 is 0 Å². The number of nitrogen functional groups attached to an aromatic ring is 1. The molecule has 0 spiro atoms. The van der Waals surface area contributed by atoms with Crippen LogP contribution in [0, 0.1) is 11.3 Å². The summed E-state index contributed by atoms with van der Waals surface area (Å²) < 4.78 is 5.08. The van der Waals surface area contributed by atoms with E-state index in [0.717, 1.165) is 11.3 Å². The highest BCUT2D eigenvalue weighted by Crippen LogP contribution is 2.20. The molecule has 2 aromatic rings. The maximum absolute atomic E-state index is 9.05. The summed E-state index contributed by atoms with van der Waals surface area (Å²) in [6.45, 7) is 0.537. The smallest absolute Gasteiger partial charge is 0.148 e. The summed E-state index contributed by atoms with van der Waals surface area (Å²) in [4.78, 5) is 4.13. The first-order valence-electron chi connectivity index (χ1n) is 5.73. The normalized spacial score (nSPS) is 9.89. The third-order valence-electron chi connectivity index (χ3n) is 2.53. The molecule has 3 N–H and O–H groups in total. The van der Waals surface area contributed by atoms with Gasteiger partial charge < -0.3 is 15.8 Å². The number of ether oxygens (including phenoxy) is 1. The summed E-state index contributed by atoms with van der Waals surface area (Å²) >= 11 is 0. The van der Waals surface area contributed by atoms with Gasteiger partial charge in [-0.25, -0.2) is 4.98 Å². The van der Waals surface area contributed by atoms with Gasteiger partial charge in [0.05, 0.1) is 24.1 Å². The zero-order valence-corrected chi connectivity index (χ0v) is 10.6. The Kier molecular flexibility index (Phi) is 3.96. The van der Waals surface area contributed by atoms with E-state index in [1.165, 1.54) is 6.20 Å². The van der Waals surface area contributed by atoms with Crippen LogP contribution in [-0.2, 0) is 11.3 Å². The van der Waals surface area contributed by atoms with Crippen LogP contribution in [0.3, 0.4) is 0 Å². The van der Waals surface area contributed by atoms with Crippen LogP contribution in [0.15, 0.2) is 36.5 Å². The molecule has 0 amide bonds. The molecule has 0 aliphatic rings. The molecular formula is C14H14N4O. The molecule has 5 nitrogen and oxygen atoms in total. The lowest BCUT2D eigenvalue weighted by Crippen LogP contribution is -1.99. The van der Waals surface area contributed by atoms with Crippen molar-refractivity contribution in [2.24, 2.45) is 0 Å². The lowest BCUT2D eigenvalue weighted by atomic mass is 10.2. The number of nitrogens with one attached hydrogen (secondary N) is 1. The minimum atomic E-state index is 0.414. The maximum Gasteiger partial charge on any atom is 0.148 e. The van der Waals surface area contributed by atoms with E-state index in [4.69, 9.17) is 15.7 Å². The van der Waals surface area contributed by atoms with Crippen LogP contribution in [0.2, 0.25) is 0 Å². The zero-order chi connectivity index (χ0) is 13.7. The molecule has 1 aromatic heterocycles. The SMILES string of the molecule is COCc1cccc(Nc2ncc(N)cc2C#N)c1. The Labute approximate surface area is 111 Å². The molecule has 0 aliphatic heterocycles. The van der Waals surface area contributed by atoms with Crippen LogP contribution in [0.25, 0.3) is 0 Å². The number of nitriles is 1. The number of methoxy groups -OCH3 is 1. The predicted octanol–water partition coefficient (Wildman–Crippen LogP) is 2.43. The van der Waals surface area contributed by atoms with Crippen molar-refractivity contribution in [2.75, 3.05) is 18.2 Å². The molecule has 0 bridgehead atoms. The van der Waals surface area contributed by atoms with Crippen molar-refractivity contribution in [1.29, 1.82) is 5.26 Å². The topological polar surface area (TPSA) is 84.0 Å². The number of rotatable bonds is 4. The van der Waals surface area contributed by atoms with Crippen molar-refractivity contribution in [3.05, 3.63) is 47.7 Å². The van der Waals surface area contributed by atoms with Crippen molar-refractivity contribution < 1.29 is 4.74 Å². The Morgan fingerprint density at radius 2 is 2.26 bits per heavy atom. The van der Waals surface area contributed by atoms with Gasteiger partial charge in [0.1, 0.15) is 11.9 Å². The summed E-state index contributed by atoms with van der Waals surface area (Å²) in [5, 5.41) is 12.2. The highest BCUT2D eigenvalue weighted by molar-refractivity contribution is 5.65. The van der Waals surface area contributed by atoms with E-state index in [0.29, 0.717) is 23.7 Å². The molecule has 0 atom stereocenters. The molecule has 1 aromatic carbocycles. The average molecular weight is 254 g/mol. The van der Waals surface area contributed by atoms with Crippen molar-refractivity contribution in [3.63, 3.8) is 0 Å². The fourth-order valence-corrected chi connectivity index (χ4v) is 1.71. The number of pyridine rings is 1. The molecule has 2 rings (SSSR count). The second kappa shape index (κ2) is 5.85. The van der Waals surface area contributed by atoms with Crippen molar-refractivity contribution in [2.45, 2.75) is 6.61 Å². The Balaban J connectivity index is 2.26. The molecule has 19 heavy (non-hydrogen) atoms.